The predicted molar refractivity (Wildman–Crippen MR) is 67.3 cm³/mol. The van der Waals surface area contributed by atoms with Crippen molar-refractivity contribution in [3.05, 3.63) is 0 Å². The molecule has 94 valence electrons. The van der Waals surface area contributed by atoms with Gasteiger partial charge >= 0.3 is 0 Å². The van der Waals surface area contributed by atoms with E-state index < -0.39 is 0 Å². The minimum Gasteiger partial charge on any atom is -0.360 e. The van der Waals surface area contributed by atoms with E-state index in [1.165, 1.54) is 19.3 Å². The fraction of sp³-hybridized carbons (Fsp3) is 1.00. The smallest absolute Gasteiger partial charge is 0.118 e. The maximum atomic E-state index is 6.19. The van der Waals surface area contributed by atoms with Crippen molar-refractivity contribution in [3.63, 3.8) is 0 Å². The summed E-state index contributed by atoms with van der Waals surface area (Å²) in [6, 6.07) is 0.648. The highest BCUT2D eigenvalue weighted by molar-refractivity contribution is 5.04. The van der Waals surface area contributed by atoms with E-state index in [0.717, 1.165) is 19.4 Å². The predicted octanol–water partition coefficient (Wildman–Crippen LogP) is 3.32. The second-order valence-electron chi connectivity index (χ2n) is 6.07. The molecule has 2 rings (SSSR count). The van der Waals surface area contributed by atoms with Gasteiger partial charge in [-0.25, -0.2) is 0 Å². The lowest BCUT2D eigenvalue weighted by molar-refractivity contribution is -0.198. The lowest BCUT2D eigenvalue weighted by atomic mass is 9.61. The van der Waals surface area contributed by atoms with Crippen molar-refractivity contribution in [2.24, 2.45) is 11.3 Å². The lowest BCUT2D eigenvalue weighted by Crippen LogP contribution is -2.67. The van der Waals surface area contributed by atoms with Crippen LogP contribution >= 0.6 is 0 Å². The Morgan fingerprint density at radius 2 is 1.88 bits per heavy atom. The van der Waals surface area contributed by atoms with Crippen LogP contribution in [0.4, 0.5) is 0 Å². The van der Waals surface area contributed by atoms with Gasteiger partial charge in [-0.2, -0.15) is 0 Å². The van der Waals surface area contributed by atoms with E-state index in [1.807, 2.05) is 0 Å². The van der Waals surface area contributed by atoms with Gasteiger partial charge in [-0.3, -0.25) is 5.32 Å². The van der Waals surface area contributed by atoms with E-state index in [2.05, 4.69) is 33.0 Å². The van der Waals surface area contributed by atoms with E-state index in [-0.39, 0.29) is 5.72 Å². The van der Waals surface area contributed by atoms with Crippen LogP contribution in [0, 0.1) is 11.3 Å². The molecule has 0 aromatic rings. The van der Waals surface area contributed by atoms with Crippen molar-refractivity contribution in [2.75, 3.05) is 6.61 Å². The van der Waals surface area contributed by atoms with Crippen LogP contribution in [0.3, 0.4) is 0 Å². The van der Waals surface area contributed by atoms with Gasteiger partial charge in [0.15, 0.2) is 0 Å². The zero-order chi connectivity index (χ0) is 11.8. The van der Waals surface area contributed by atoms with Crippen LogP contribution in [0.1, 0.15) is 59.8 Å². The zero-order valence-corrected chi connectivity index (χ0v) is 11.3. The third kappa shape index (κ3) is 1.80. The van der Waals surface area contributed by atoms with Crippen molar-refractivity contribution in [1.29, 1.82) is 0 Å². The molecule has 1 aliphatic heterocycles. The Bertz CT molecular complexity index is 241. The number of rotatable bonds is 3. The molecule has 2 aliphatic rings. The summed E-state index contributed by atoms with van der Waals surface area (Å²) >= 11 is 0. The van der Waals surface area contributed by atoms with Gasteiger partial charge in [-0.15, -0.1) is 0 Å². The van der Waals surface area contributed by atoms with Crippen LogP contribution in [-0.2, 0) is 4.74 Å². The summed E-state index contributed by atoms with van der Waals surface area (Å²) in [6.45, 7) is 10.1. The highest BCUT2D eigenvalue weighted by Crippen LogP contribution is 2.50. The maximum Gasteiger partial charge on any atom is 0.118 e. The fourth-order valence-corrected chi connectivity index (χ4v) is 3.47. The summed E-state index contributed by atoms with van der Waals surface area (Å²) < 4.78 is 6.19. The molecular weight excluding hydrogens is 198 g/mol. The zero-order valence-electron chi connectivity index (χ0n) is 11.3. The molecule has 0 aromatic carbocycles. The summed E-state index contributed by atoms with van der Waals surface area (Å²) in [5, 5.41) is 3.84. The monoisotopic (exact) mass is 225 g/mol. The first-order valence-electron chi connectivity index (χ1n) is 6.99. The minimum absolute atomic E-state index is 0.0459. The molecule has 2 nitrogen and oxygen atoms in total. The van der Waals surface area contributed by atoms with Crippen LogP contribution < -0.4 is 5.32 Å². The molecule has 0 bridgehead atoms. The van der Waals surface area contributed by atoms with E-state index in [9.17, 15) is 0 Å². The third-order valence-electron chi connectivity index (χ3n) is 4.87. The first-order chi connectivity index (χ1) is 7.57. The standard InChI is InChI=1S/C14H27NO/c1-5-14(6-2)15-12(11(3)4)13(10-16-14)8-7-9-13/h11-12,15H,5-10H2,1-4H3. The topological polar surface area (TPSA) is 21.3 Å². The van der Waals surface area contributed by atoms with Crippen molar-refractivity contribution < 1.29 is 4.74 Å². The highest BCUT2D eigenvalue weighted by Gasteiger charge is 2.52. The average molecular weight is 225 g/mol. The Balaban J connectivity index is 2.14. The highest BCUT2D eigenvalue weighted by atomic mass is 16.5. The number of nitrogens with one attached hydrogen (secondary N) is 1. The largest absolute Gasteiger partial charge is 0.360 e. The Kier molecular flexibility index (Phi) is 3.33. The fourth-order valence-electron chi connectivity index (χ4n) is 3.47. The van der Waals surface area contributed by atoms with Crippen molar-refractivity contribution in [1.82, 2.24) is 5.32 Å². The van der Waals surface area contributed by atoms with Gasteiger partial charge in [0.1, 0.15) is 5.72 Å². The average Bonchev–Trinajstić information content (AvgIpc) is 2.26. The Morgan fingerprint density at radius 3 is 2.25 bits per heavy atom. The molecule has 2 fully saturated rings. The van der Waals surface area contributed by atoms with Gasteiger partial charge in [0.05, 0.1) is 6.61 Å². The Morgan fingerprint density at radius 1 is 1.25 bits per heavy atom. The van der Waals surface area contributed by atoms with E-state index in [0.29, 0.717) is 17.4 Å². The van der Waals surface area contributed by atoms with Gasteiger partial charge < -0.3 is 4.74 Å². The summed E-state index contributed by atoms with van der Waals surface area (Å²) in [5.41, 5.74) is 0.414. The van der Waals surface area contributed by atoms with Gasteiger partial charge in [0.2, 0.25) is 0 Å². The summed E-state index contributed by atoms with van der Waals surface area (Å²) in [4.78, 5) is 0. The molecule has 2 heteroatoms. The van der Waals surface area contributed by atoms with Gasteiger partial charge in [0, 0.05) is 11.5 Å². The first kappa shape index (κ1) is 12.4. The quantitative estimate of drug-likeness (QED) is 0.795. The molecular formula is C14H27NO. The lowest BCUT2D eigenvalue weighted by Gasteiger charge is -2.57. The molecule has 1 N–H and O–H groups in total. The second kappa shape index (κ2) is 4.30. The minimum atomic E-state index is -0.0459. The molecule has 1 aliphatic carbocycles. The van der Waals surface area contributed by atoms with Gasteiger partial charge in [-0.05, 0) is 31.6 Å². The molecule has 1 heterocycles. The van der Waals surface area contributed by atoms with Crippen molar-refractivity contribution in [3.8, 4) is 0 Å². The molecule has 1 saturated heterocycles. The molecule has 1 saturated carbocycles. The van der Waals surface area contributed by atoms with Crippen LogP contribution in [0.5, 0.6) is 0 Å². The Labute approximate surface area is 100 Å². The van der Waals surface area contributed by atoms with Crippen LogP contribution in [0.25, 0.3) is 0 Å². The van der Waals surface area contributed by atoms with Crippen LogP contribution in [0.15, 0.2) is 0 Å². The molecule has 1 unspecified atom stereocenters. The van der Waals surface area contributed by atoms with Crippen molar-refractivity contribution >= 4 is 0 Å². The molecule has 1 atom stereocenters. The molecule has 1 spiro atoms. The van der Waals surface area contributed by atoms with E-state index in [1.54, 1.807) is 0 Å². The van der Waals surface area contributed by atoms with E-state index >= 15 is 0 Å². The number of hydrogen-bond donors (Lipinski definition) is 1. The van der Waals surface area contributed by atoms with Crippen molar-refractivity contribution in [2.45, 2.75) is 71.6 Å². The normalized spacial score (nSPS) is 31.7. The SMILES string of the molecule is CCC1(CC)NC(C(C)C)C2(CCC2)CO1. The summed E-state index contributed by atoms with van der Waals surface area (Å²) in [6.07, 6.45) is 6.24. The molecule has 0 amide bonds. The van der Waals surface area contributed by atoms with Crippen LogP contribution in [-0.4, -0.2) is 18.4 Å². The number of hydrogen-bond acceptors (Lipinski definition) is 2. The molecule has 0 aromatic heterocycles. The van der Waals surface area contributed by atoms with E-state index in [4.69, 9.17) is 4.74 Å². The summed E-state index contributed by atoms with van der Waals surface area (Å²) in [5.74, 6) is 0.710. The Hall–Kier alpha value is -0.0800. The van der Waals surface area contributed by atoms with Gasteiger partial charge in [0.25, 0.3) is 0 Å². The first-order valence-corrected chi connectivity index (χ1v) is 6.99. The number of ether oxygens (including phenoxy) is 1. The maximum absolute atomic E-state index is 6.19. The molecule has 0 radical (unpaired) electrons. The third-order valence-corrected chi connectivity index (χ3v) is 4.87. The second-order valence-corrected chi connectivity index (χ2v) is 6.07. The van der Waals surface area contributed by atoms with Gasteiger partial charge in [-0.1, -0.05) is 34.1 Å². The molecule has 16 heavy (non-hydrogen) atoms. The van der Waals surface area contributed by atoms with Crippen LogP contribution in [0.2, 0.25) is 0 Å². The summed E-state index contributed by atoms with van der Waals surface area (Å²) in [7, 11) is 0.